The molecule has 2 N–H and O–H groups in total. The summed E-state index contributed by atoms with van der Waals surface area (Å²) < 4.78 is 11.2. The van der Waals surface area contributed by atoms with Crippen LogP contribution >= 0.6 is 11.3 Å². The first-order chi connectivity index (χ1) is 6.21. The van der Waals surface area contributed by atoms with Crippen molar-refractivity contribution in [2.24, 2.45) is 5.73 Å². The van der Waals surface area contributed by atoms with Crippen molar-refractivity contribution in [1.82, 2.24) is 0 Å². The molecule has 13 heavy (non-hydrogen) atoms. The minimum atomic E-state index is -0.579. The van der Waals surface area contributed by atoms with Crippen molar-refractivity contribution in [2.45, 2.75) is 18.8 Å². The number of ether oxygens (including phenoxy) is 2. The van der Waals surface area contributed by atoms with Gasteiger partial charge >= 0.3 is 0 Å². The molecule has 0 unspecified atom stereocenters. The van der Waals surface area contributed by atoms with Gasteiger partial charge in [0.15, 0.2) is 0 Å². The van der Waals surface area contributed by atoms with Gasteiger partial charge in [-0.15, -0.1) is 11.3 Å². The molecule has 1 aromatic rings. The Bertz CT molecular complexity index is 265. The average Bonchev–Trinajstić information content (AvgIpc) is 2.63. The molecule has 1 saturated heterocycles. The summed E-state index contributed by atoms with van der Waals surface area (Å²) in [6, 6.07) is 4.02. The van der Waals surface area contributed by atoms with Gasteiger partial charge in [0.2, 0.25) is 5.79 Å². The maximum absolute atomic E-state index is 5.66. The smallest absolute Gasteiger partial charge is 0.201 e. The normalized spacial score (nSPS) is 34.8. The van der Waals surface area contributed by atoms with Crippen molar-refractivity contribution in [3.05, 3.63) is 22.4 Å². The van der Waals surface area contributed by atoms with E-state index in [1.165, 1.54) is 0 Å². The van der Waals surface area contributed by atoms with Crippen LogP contribution in [0.5, 0.6) is 0 Å². The number of nitrogens with two attached hydrogens (primary N) is 1. The Morgan fingerprint density at radius 1 is 1.54 bits per heavy atom. The lowest BCUT2D eigenvalue weighted by Gasteiger charge is -2.35. The summed E-state index contributed by atoms with van der Waals surface area (Å²) in [7, 11) is 0. The van der Waals surface area contributed by atoms with E-state index in [1.807, 2.05) is 24.4 Å². The number of thiophene rings is 1. The summed E-state index contributed by atoms with van der Waals surface area (Å²) >= 11 is 1.64. The molecule has 0 amide bonds. The minimum Gasteiger partial charge on any atom is -0.344 e. The monoisotopic (exact) mass is 199 g/mol. The van der Waals surface area contributed by atoms with Crippen molar-refractivity contribution < 1.29 is 9.47 Å². The maximum Gasteiger partial charge on any atom is 0.201 e. The Morgan fingerprint density at radius 3 is 2.77 bits per heavy atom. The summed E-state index contributed by atoms with van der Waals surface area (Å²) in [5.74, 6) is -0.579. The molecule has 1 aliphatic heterocycles. The van der Waals surface area contributed by atoms with Gasteiger partial charge in [0.05, 0.1) is 24.1 Å². The molecule has 0 atom stereocenters. The molecule has 0 aromatic carbocycles. The van der Waals surface area contributed by atoms with Crippen LogP contribution in [-0.4, -0.2) is 19.3 Å². The minimum absolute atomic E-state index is 0.00744. The highest BCUT2D eigenvalue weighted by molar-refractivity contribution is 7.10. The van der Waals surface area contributed by atoms with Crippen LogP contribution in [0.1, 0.15) is 11.8 Å². The molecule has 2 rings (SSSR count). The van der Waals surface area contributed by atoms with Gasteiger partial charge in [-0.3, -0.25) is 0 Å². The molecule has 72 valence electrons. The van der Waals surface area contributed by atoms with Crippen LogP contribution in [0.15, 0.2) is 17.5 Å². The molecule has 0 bridgehead atoms. The van der Waals surface area contributed by atoms with Gasteiger partial charge in [-0.2, -0.15) is 0 Å². The van der Waals surface area contributed by atoms with E-state index in [1.54, 1.807) is 11.3 Å². The Hall–Kier alpha value is -0.420. The fourth-order valence-electron chi connectivity index (χ4n) is 1.30. The molecule has 0 radical (unpaired) electrons. The lowest BCUT2D eigenvalue weighted by molar-refractivity contribution is -0.268. The second kappa shape index (κ2) is 3.38. The highest BCUT2D eigenvalue weighted by atomic mass is 32.1. The highest BCUT2D eigenvalue weighted by Gasteiger charge is 2.34. The second-order valence-electron chi connectivity index (χ2n) is 3.31. The van der Waals surface area contributed by atoms with Crippen LogP contribution in [0.2, 0.25) is 0 Å². The maximum atomic E-state index is 5.66. The van der Waals surface area contributed by atoms with Crippen molar-refractivity contribution in [3.63, 3.8) is 0 Å². The summed E-state index contributed by atoms with van der Waals surface area (Å²) in [5.41, 5.74) is 5.66. The zero-order valence-electron chi connectivity index (χ0n) is 7.53. The van der Waals surface area contributed by atoms with E-state index in [0.29, 0.717) is 13.2 Å². The van der Waals surface area contributed by atoms with Crippen LogP contribution in [-0.2, 0) is 15.3 Å². The lowest BCUT2D eigenvalue weighted by Crippen LogP contribution is -2.45. The van der Waals surface area contributed by atoms with E-state index in [0.717, 1.165) is 4.88 Å². The zero-order valence-corrected chi connectivity index (χ0v) is 8.34. The van der Waals surface area contributed by atoms with Crippen LogP contribution in [0, 0.1) is 0 Å². The molecular formula is C9H13NO2S. The molecule has 0 saturated carbocycles. The molecule has 3 nitrogen and oxygen atoms in total. The third-order valence-corrected chi connectivity index (χ3v) is 3.17. The second-order valence-corrected chi connectivity index (χ2v) is 4.25. The van der Waals surface area contributed by atoms with Crippen LogP contribution < -0.4 is 5.73 Å². The zero-order chi connectivity index (χ0) is 9.31. The third kappa shape index (κ3) is 1.76. The number of hydrogen-bond acceptors (Lipinski definition) is 4. The Kier molecular flexibility index (Phi) is 2.38. The van der Waals surface area contributed by atoms with Crippen molar-refractivity contribution in [2.75, 3.05) is 13.2 Å². The third-order valence-electron chi connectivity index (χ3n) is 2.11. The van der Waals surface area contributed by atoms with Crippen molar-refractivity contribution in [1.29, 1.82) is 0 Å². The summed E-state index contributed by atoms with van der Waals surface area (Å²) in [6.45, 7) is 3.06. The van der Waals surface area contributed by atoms with Gasteiger partial charge in [-0.05, 0) is 18.4 Å². The number of rotatable bonds is 1. The first-order valence-corrected chi connectivity index (χ1v) is 5.16. The fourth-order valence-corrected chi connectivity index (χ4v) is 2.09. The van der Waals surface area contributed by atoms with Crippen LogP contribution in [0.3, 0.4) is 0 Å². The van der Waals surface area contributed by atoms with E-state index < -0.39 is 5.79 Å². The molecule has 1 aromatic heterocycles. The Balaban J connectivity index is 2.13. The molecule has 0 spiro atoms. The molecule has 4 heteroatoms. The molecule has 1 fully saturated rings. The van der Waals surface area contributed by atoms with Crippen LogP contribution in [0.4, 0.5) is 0 Å². The summed E-state index contributed by atoms with van der Waals surface area (Å²) in [6.07, 6.45) is 0. The average molecular weight is 199 g/mol. The van der Waals surface area contributed by atoms with Crippen molar-refractivity contribution >= 4 is 11.3 Å². The standard InChI is InChI=1S/C9H13NO2S/c1-9(8-3-2-4-13-8)11-5-7(10)6-12-9/h2-4,7H,5-6,10H2,1H3. The Labute approximate surface area is 81.5 Å². The van der Waals surface area contributed by atoms with E-state index in [-0.39, 0.29) is 6.04 Å². The predicted molar refractivity (Wildman–Crippen MR) is 51.6 cm³/mol. The SMILES string of the molecule is CC1(c2cccs2)OCC(N)CO1. The predicted octanol–water partition coefficient (Wildman–Crippen LogP) is 1.29. The van der Waals surface area contributed by atoms with Gasteiger partial charge in [0, 0.05) is 0 Å². The summed E-state index contributed by atoms with van der Waals surface area (Å²) in [5, 5.41) is 2.02. The summed E-state index contributed by atoms with van der Waals surface area (Å²) in [4.78, 5) is 1.10. The molecular weight excluding hydrogens is 186 g/mol. The van der Waals surface area contributed by atoms with Crippen molar-refractivity contribution in [3.8, 4) is 0 Å². The largest absolute Gasteiger partial charge is 0.344 e. The van der Waals surface area contributed by atoms with E-state index in [2.05, 4.69) is 0 Å². The van der Waals surface area contributed by atoms with E-state index in [9.17, 15) is 0 Å². The van der Waals surface area contributed by atoms with Gasteiger partial charge in [-0.1, -0.05) is 6.07 Å². The van der Waals surface area contributed by atoms with E-state index in [4.69, 9.17) is 15.2 Å². The molecule has 1 aliphatic rings. The molecule has 0 aliphatic carbocycles. The highest BCUT2D eigenvalue weighted by Crippen LogP contribution is 2.32. The fraction of sp³-hybridized carbons (Fsp3) is 0.556. The van der Waals surface area contributed by atoms with Gasteiger partial charge < -0.3 is 15.2 Å². The first kappa shape index (κ1) is 9.15. The van der Waals surface area contributed by atoms with Gasteiger partial charge in [0.25, 0.3) is 0 Å². The first-order valence-electron chi connectivity index (χ1n) is 4.28. The van der Waals surface area contributed by atoms with Crippen LogP contribution in [0.25, 0.3) is 0 Å². The quantitative estimate of drug-likeness (QED) is 0.741. The van der Waals surface area contributed by atoms with E-state index >= 15 is 0 Å². The molecule has 2 heterocycles. The Morgan fingerprint density at radius 2 is 2.23 bits per heavy atom. The van der Waals surface area contributed by atoms with Gasteiger partial charge in [-0.25, -0.2) is 0 Å². The lowest BCUT2D eigenvalue weighted by atomic mass is 10.2. The van der Waals surface area contributed by atoms with Gasteiger partial charge in [0.1, 0.15) is 0 Å². The topological polar surface area (TPSA) is 44.5 Å². The number of hydrogen-bond donors (Lipinski definition) is 1.